The quantitative estimate of drug-likeness (QED) is 0.551. The summed E-state index contributed by atoms with van der Waals surface area (Å²) in [5.74, 6) is 6.64. The SMILES string of the molecule is CN1CCN(CCCCC#CC2CNCCN2)CC1. The molecule has 2 aliphatic rings. The first-order chi connectivity index (χ1) is 9.34. The molecule has 4 nitrogen and oxygen atoms in total. The fourth-order valence-corrected chi connectivity index (χ4v) is 2.57. The van der Waals surface area contributed by atoms with Gasteiger partial charge < -0.3 is 20.4 Å². The molecule has 2 aliphatic heterocycles. The zero-order valence-electron chi connectivity index (χ0n) is 12.2. The molecule has 1 atom stereocenters. The van der Waals surface area contributed by atoms with Crippen LogP contribution in [0.1, 0.15) is 19.3 Å². The van der Waals surface area contributed by atoms with E-state index in [1.165, 1.54) is 45.6 Å². The number of hydrogen-bond acceptors (Lipinski definition) is 4. The number of likely N-dealkylation sites (N-methyl/N-ethyl adjacent to an activating group) is 1. The van der Waals surface area contributed by atoms with Gasteiger partial charge in [0.2, 0.25) is 0 Å². The highest BCUT2D eigenvalue weighted by Gasteiger charge is 2.12. The Hall–Kier alpha value is -0.600. The number of nitrogens with zero attached hydrogens (tertiary/aromatic N) is 2. The minimum atomic E-state index is 0.367. The summed E-state index contributed by atoms with van der Waals surface area (Å²) in [6.45, 7) is 9.28. The van der Waals surface area contributed by atoms with Crippen molar-refractivity contribution in [1.82, 2.24) is 20.4 Å². The predicted molar refractivity (Wildman–Crippen MR) is 80.2 cm³/mol. The number of piperazine rings is 2. The van der Waals surface area contributed by atoms with Gasteiger partial charge in [0.15, 0.2) is 0 Å². The van der Waals surface area contributed by atoms with Crippen LogP contribution in [0.2, 0.25) is 0 Å². The maximum Gasteiger partial charge on any atom is 0.0816 e. The molecule has 2 heterocycles. The van der Waals surface area contributed by atoms with Gasteiger partial charge in [0.25, 0.3) is 0 Å². The molecule has 1 unspecified atom stereocenters. The fourth-order valence-electron chi connectivity index (χ4n) is 2.57. The summed E-state index contributed by atoms with van der Waals surface area (Å²) in [6.07, 6.45) is 3.57. The van der Waals surface area contributed by atoms with Gasteiger partial charge in [0, 0.05) is 52.2 Å². The van der Waals surface area contributed by atoms with Gasteiger partial charge in [-0.1, -0.05) is 5.92 Å². The van der Waals surface area contributed by atoms with Gasteiger partial charge in [-0.25, -0.2) is 0 Å². The van der Waals surface area contributed by atoms with E-state index in [4.69, 9.17) is 0 Å². The molecule has 0 aromatic rings. The summed E-state index contributed by atoms with van der Waals surface area (Å²) in [6, 6.07) is 0.367. The van der Waals surface area contributed by atoms with Crippen LogP contribution in [0.25, 0.3) is 0 Å². The Morgan fingerprint density at radius 1 is 1.11 bits per heavy atom. The van der Waals surface area contributed by atoms with Crippen LogP contribution < -0.4 is 10.6 Å². The van der Waals surface area contributed by atoms with Gasteiger partial charge in [-0.05, 0) is 26.4 Å². The molecule has 0 aromatic carbocycles. The Bertz CT molecular complexity index is 293. The van der Waals surface area contributed by atoms with Gasteiger partial charge in [-0.15, -0.1) is 5.92 Å². The molecular weight excluding hydrogens is 236 g/mol. The molecule has 2 rings (SSSR count). The second-order valence-corrected chi connectivity index (χ2v) is 5.63. The monoisotopic (exact) mass is 264 g/mol. The maximum atomic E-state index is 3.42. The average molecular weight is 264 g/mol. The van der Waals surface area contributed by atoms with Crippen molar-refractivity contribution in [2.75, 3.05) is 59.4 Å². The van der Waals surface area contributed by atoms with E-state index in [-0.39, 0.29) is 0 Å². The van der Waals surface area contributed by atoms with Crippen LogP contribution in [0.15, 0.2) is 0 Å². The third kappa shape index (κ3) is 5.92. The highest BCUT2D eigenvalue weighted by molar-refractivity contribution is 5.09. The summed E-state index contributed by atoms with van der Waals surface area (Å²) < 4.78 is 0. The lowest BCUT2D eigenvalue weighted by Gasteiger charge is -2.32. The lowest BCUT2D eigenvalue weighted by Crippen LogP contribution is -2.47. The van der Waals surface area contributed by atoms with E-state index < -0.39 is 0 Å². The van der Waals surface area contributed by atoms with Gasteiger partial charge >= 0.3 is 0 Å². The van der Waals surface area contributed by atoms with E-state index in [9.17, 15) is 0 Å². The van der Waals surface area contributed by atoms with Crippen LogP contribution >= 0.6 is 0 Å². The maximum absolute atomic E-state index is 3.42. The van der Waals surface area contributed by atoms with Crippen molar-refractivity contribution in [3.63, 3.8) is 0 Å². The molecule has 108 valence electrons. The molecule has 0 spiro atoms. The van der Waals surface area contributed by atoms with E-state index in [0.717, 1.165) is 26.1 Å². The molecule has 2 saturated heterocycles. The van der Waals surface area contributed by atoms with Crippen molar-refractivity contribution >= 4 is 0 Å². The summed E-state index contributed by atoms with van der Waals surface area (Å²) in [7, 11) is 2.21. The zero-order chi connectivity index (χ0) is 13.3. The van der Waals surface area contributed by atoms with Crippen LogP contribution in [0.5, 0.6) is 0 Å². The molecular formula is C15H28N4. The Balaban J connectivity index is 1.49. The molecule has 0 amide bonds. The highest BCUT2D eigenvalue weighted by atomic mass is 15.2. The molecule has 4 heteroatoms. The average Bonchev–Trinajstić information content (AvgIpc) is 2.46. The van der Waals surface area contributed by atoms with Crippen LogP contribution in [-0.2, 0) is 0 Å². The topological polar surface area (TPSA) is 30.5 Å². The molecule has 0 bridgehead atoms. The lowest BCUT2D eigenvalue weighted by atomic mass is 10.2. The predicted octanol–water partition coefficient (Wildman–Crippen LogP) is -0.0311. The minimum absolute atomic E-state index is 0.367. The molecule has 2 fully saturated rings. The molecule has 19 heavy (non-hydrogen) atoms. The van der Waals surface area contributed by atoms with Crippen molar-refractivity contribution in [3.8, 4) is 11.8 Å². The highest BCUT2D eigenvalue weighted by Crippen LogP contribution is 2.02. The third-order valence-electron chi connectivity index (χ3n) is 3.94. The lowest BCUT2D eigenvalue weighted by molar-refractivity contribution is 0.152. The third-order valence-corrected chi connectivity index (χ3v) is 3.94. The number of nitrogens with one attached hydrogen (secondary N) is 2. The van der Waals surface area contributed by atoms with Gasteiger partial charge in [-0.2, -0.15) is 0 Å². The van der Waals surface area contributed by atoms with Crippen LogP contribution in [0.4, 0.5) is 0 Å². The Kier molecular flexibility index (Phi) is 6.66. The van der Waals surface area contributed by atoms with E-state index in [1.807, 2.05) is 0 Å². The second kappa shape index (κ2) is 8.55. The van der Waals surface area contributed by atoms with Crippen molar-refractivity contribution in [2.45, 2.75) is 25.3 Å². The van der Waals surface area contributed by atoms with E-state index >= 15 is 0 Å². The van der Waals surface area contributed by atoms with Gasteiger partial charge in [0.1, 0.15) is 0 Å². The molecule has 0 aliphatic carbocycles. The standard InChI is InChI=1S/C15H28N4/c1-18-10-12-19(13-11-18)9-5-3-2-4-6-15-14-16-7-8-17-15/h15-17H,2-3,5,7-14H2,1H3. The van der Waals surface area contributed by atoms with Crippen molar-refractivity contribution in [1.29, 1.82) is 0 Å². The molecule has 2 N–H and O–H groups in total. The van der Waals surface area contributed by atoms with Crippen LogP contribution in [-0.4, -0.2) is 75.2 Å². The first-order valence-electron chi connectivity index (χ1n) is 7.68. The molecule has 0 radical (unpaired) electrons. The van der Waals surface area contributed by atoms with Crippen LogP contribution in [0.3, 0.4) is 0 Å². The first kappa shape index (κ1) is 14.8. The fraction of sp³-hybridized carbons (Fsp3) is 0.867. The Labute approximate surface area is 117 Å². The second-order valence-electron chi connectivity index (χ2n) is 5.63. The van der Waals surface area contributed by atoms with Crippen molar-refractivity contribution in [2.24, 2.45) is 0 Å². The minimum Gasteiger partial charge on any atom is -0.313 e. The van der Waals surface area contributed by atoms with E-state index in [2.05, 4.69) is 39.3 Å². The first-order valence-corrected chi connectivity index (χ1v) is 7.68. The largest absolute Gasteiger partial charge is 0.313 e. The summed E-state index contributed by atoms with van der Waals surface area (Å²) in [5.41, 5.74) is 0. The van der Waals surface area contributed by atoms with Crippen molar-refractivity contribution in [3.05, 3.63) is 0 Å². The number of unbranched alkanes of at least 4 members (excludes halogenated alkanes) is 2. The summed E-state index contributed by atoms with van der Waals surface area (Å²) >= 11 is 0. The smallest absolute Gasteiger partial charge is 0.0816 e. The summed E-state index contributed by atoms with van der Waals surface area (Å²) in [5, 5.41) is 6.77. The molecule has 0 aromatic heterocycles. The summed E-state index contributed by atoms with van der Waals surface area (Å²) in [4.78, 5) is 4.99. The molecule has 0 saturated carbocycles. The van der Waals surface area contributed by atoms with Crippen molar-refractivity contribution < 1.29 is 0 Å². The zero-order valence-corrected chi connectivity index (χ0v) is 12.2. The normalized spacial score (nSPS) is 25.8. The number of hydrogen-bond donors (Lipinski definition) is 2. The van der Waals surface area contributed by atoms with Gasteiger partial charge in [0.05, 0.1) is 6.04 Å². The van der Waals surface area contributed by atoms with E-state index in [0.29, 0.717) is 6.04 Å². The Morgan fingerprint density at radius 3 is 2.68 bits per heavy atom. The Morgan fingerprint density at radius 2 is 1.95 bits per heavy atom. The van der Waals surface area contributed by atoms with Gasteiger partial charge in [-0.3, -0.25) is 0 Å². The number of rotatable bonds is 4. The van der Waals surface area contributed by atoms with Crippen LogP contribution in [0, 0.1) is 11.8 Å². The van der Waals surface area contributed by atoms with E-state index in [1.54, 1.807) is 0 Å².